The monoisotopic (exact) mass is 296 g/mol. The Hall–Kier alpha value is -2.42. The Morgan fingerprint density at radius 2 is 2.30 bits per heavy atom. The van der Waals surface area contributed by atoms with Crippen LogP contribution in [0.3, 0.4) is 0 Å². The Morgan fingerprint density at radius 3 is 2.95 bits per heavy atom. The van der Waals surface area contributed by atoms with Gasteiger partial charge in [0.2, 0.25) is 5.13 Å². The zero-order valence-electron chi connectivity index (χ0n) is 10.6. The Labute approximate surface area is 118 Å². The SMILES string of the molecule is CN(CCC(=O)O)C(=O)Nc1nnc(-c2ccco2)s1. The summed E-state index contributed by atoms with van der Waals surface area (Å²) in [5.41, 5.74) is 0. The second-order valence-corrected chi connectivity index (χ2v) is 4.86. The standard InChI is InChI=1S/C11H12N4O4S/c1-15(5-4-8(16)17)11(18)12-10-14-13-9(20-10)7-3-2-6-19-7/h2-3,6H,4-5H2,1H3,(H,16,17)(H,12,14,18). The van der Waals surface area contributed by atoms with E-state index < -0.39 is 12.0 Å². The smallest absolute Gasteiger partial charge is 0.323 e. The molecule has 2 amide bonds. The zero-order valence-corrected chi connectivity index (χ0v) is 11.4. The van der Waals surface area contributed by atoms with Crippen molar-refractivity contribution in [2.24, 2.45) is 0 Å². The van der Waals surface area contributed by atoms with Crippen LogP contribution in [0.4, 0.5) is 9.93 Å². The first-order valence-corrected chi connectivity index (χ1v) is 6.49. The number of hydrogen-bond acceptors (Lipinski definition) is 6. The molecule has 0 aliphatic carbocycles. The van der Waals surface area contributed by atoms with E-state index in [9.17, 15) is 9.59 Å². The van der Waals surface area contributed by atoms with Crippen LogP contribution in [0.25, 0.3) is 10.8 Å². The molecule has 0 fully saturated rings. The summed E-state index contributed by atoms with van der Waals surface area (Å²) in [5.74, 6) is -0.386. The minimum absolute atomic E-state index is 0.113. The summed E-state index contributed by atoms with van der Waals surface area (Å²) in [6, 6.07) is 3.04. The van der Waals surface area contributed by atoms with Crippen molar-refractivity contribution < 1.29 is 19.1 Å². The number of urea groups is 1. The van der Waals surface area contributed by atoms with Gasteiger partial charge in [0.1, 0.15) is 0 Å². The topological polar surface area (TPSA) is 109 Å². The molecule has 0 aliphatic rings. The van der Waals surface area contributed by atoms with E-state index in [1.54, 1.807) is 12.1 Å². The lowest BCUT2D eigenvalue weighted by atomic mass is 10.4. The number of carboxylic acid groups (broad SMARTS) is 1. The molecular weight excluding hydrogens is 284 g/mol. The first kappa shape index (κ1) is 14.0. The average Bonchev–Trinajstić information content (AvgIpc) is 3.05. The van der Waals surface area contributed by atoms with Gasteiger partial charge in [-0.05, 0) is 12.1 Å². The third-order valence-corrected chi connectivity index (χ3v) is 3.23. The van der Waals surface area contributed by atoms with E-state index in [1.165, 1.54) is 29.5 Å². The fourth-order valence-electron chi connectivity index (χ4n) is 1.33. The lowest BCUT2D eigenvalue weighted by molar-refractivity contribution is -0.137. The maximum Gasteiger partial charge on any atom is 0.323 e. The lowest BCUT2D eigenvalue weighted by Gasteiger charge is -2.15. The Balaban J connectivity index is 1.93. The number of rotatable bonds is 5. The van der Waals surface area contributed by atoms with Gasteiger partial charge in [0.25, 0.3) is 0 Å². The highest BCUT2D eigenvalue weighted by atomic mass is 32.1. The Bertz CT molecular complexity index is 595. The molecule has 0 aliphatic heterocycles. The summed E-state index contributed by atoms with van der Waals surface area (Å²) in [5, 5.41) is 19.7. The summed E-state index contributed by atoms with van der Waals surface area (Å²) in [4.78, 5) is 23.5. The number of hydrogen-bond donors (Lipinski definition) is 2. The molecule has 2 N–H and O–H groups in total. The predicted molar refractivity (Wildman–Crippen MR) is 71.5 cm³/mol. The summed E-state index contributed by atoms with van der Waals surface area (Å²) in [7, 11) is 1.51. The number of furan rings is 1. The molecule has 0 spiro atoms. The van der Waals surface area contributed by atoms with Crippen molar-refractivity contribution in [2.45, 2.75) is 6.42 Å². The summed E-state index contributed by atoms with van der Waals surface area (Å²) < 4.78 is 5.17. The second kappa shape index (κ2) is 6.15. The van der Waals surface area contributed by atoms with Gasteiger partial charge in [-0.15, -0.1) is 10.2 Å². The zero-order chi connectivity index (χ0) is 14.5. The van der Waals surface area contributed by atoms with Crippen LogP contribution in [-0.2, 0) is 4.79 Å². The van der Waals surface area contributed by atoms with Gasteiger partial charge < -0.3 is 14.4 Å². The minimum atomic E-state index is -0.958. The second-order valence-electron chi connectivity index (χ2n) is 3.89. The van der Waals surface area contributed by atoms with E-state index in [1.807, 2.05) is 0 Å². The van der Waals surface area contributed by atoms with Gasteiger partial charge in [0, 0.05) is 13.6 Å². The van der Waals surface area contributed by atoms with E-state index in [4.69, 9.17) is 9.52 Å². The molecule has 9 heteroatoms. The van der Waals surface area contributed by atoms with Gasteiger partial charge in [-0.2, -0.15) is 0 Å². The first-order valence-electron chi connectivity index (χ1n) is 5.67. The predicted octanol–water partition coefficient (Wildman–Crippen LogP) is 1.74. The molecule has 2 rings (SSSR count). The van der Waals surface area contributed by atoms with Gasteiger partial charge in [0.15, 0.2) is 10.8 Å². The molecule has 2 heterocycles. The number of carbonyl (C=O) groups is 2. The molecule has 2 aromatic rings. The fraction of sp³-hybridized carbons (Fsp3) is 0.273. The van der Waals surface area contributed by atoms with Crippen molar-refractivity contribution >= 4 is 28.5 Å². The van der Waals surface area contributed by atoms with E-state index in [0.29, 0.717) is 15.9 Å². The van der Waals surface area contributed by atoms with Crippen LogP contribution in [0.2, 0.25) is 0 Å². The number of nitrogens with one attached hydrogen (secondary N) is 1. The van der Waals surface area contributed by atoms with Crippen molar-refractivity contribution in [1.82, 2.24) is 15.1 Å². The van der Waals surface area contributed by atoms with Gasteiger partial charge in [-0.3, -0.25) is 10.1 Å². The lowest BCUT2D eigenvalue weighted by Crippen LogP contribution is -2.33. The maximum absolute atomic E-state index is 11.8. The highest BCUT2D eigenvalue weighted by molar-refractivity contribution is 7.18. The van der Waals surface area contributed by atoms with Crippen molar-refractivity contribution in [3.05, 3.63) is 18.4 Å². The van der Waals surface area contributed by atoms with Gasteiger partial charge in [-0.25, -0.2) is 4.79 Å². The largest absolute Gasteiger partial charge is 0.481 e. The van der Waals surface area contributed by atoms with Crippen molar-refractivity contribution in [2.75, 3.05) is 18.9 Å². The van der Waals surface area contributed by atoms with Crippen LogP contribution < -0.4 is 5.32 Å². The normalized spacial score (nSPS) is 10.2. The summed E-state index contributed by atoms with van der Waals surface area (Å²) in [6.07, 6.45) is 1.41. The van der Waals surface area contributed by atoms with Gasteiger partial charge in [-0.1, -0.05) is 11.3 Å². The van der Waals surface area contributed by atoms with Gasteiger partial charge in [0.05, 0.1) is 12.7 Å². The molecule has 106 valence electrons. The van der Waals surface area contributed by atoms with E-state index in [-0.39, 0.29) is 13.0 Å². The molecule has 0 saturated carbocycles. The Kier molecular flexibility index (Phi) is 4.31. The third-order valence-electron chi connectivity index (χ3n) is 2.38. The van der Waals surface area contributed by atoms with Crippen LogP contribution in [0.15, 0.2) is 22.8 Å². The molecular formula is C11H12N4O4S. The van der Waals surface area contributed by atoms with Crippen LogP contribution in [0, 0.1) is 0 Å². The number of carboxylic acids is 1. The molecule has 0 atom stereocenters. The molecule has 2 aromatic heterocycles. The van der Waals surface area contributed by atoms with Crippen molar-refractivity contribution in [3.8, 4) is 10.8 Å². The molecule has 0 bridgehead atoms. The van der Waals surface area contributed by atoms with Crippen LogP contribution in [-0.4, -0.2) is 45.8 Å². The fourth-order valence-corrected chi connectivity index (χ4v) is 2.03. The van der Waals surface area contributed by atoms with Crippen LogP contribution in [0.1, 0.15) is 6.42 Å². The number of nitrogens with zero attached hydrogens (tertiary/aromatic N) is 3. The number of aromatic nitrogens is 2. The number of aliphatic carboxylic acids is 1. The van der Waals surface area contributed by atoms with Gasteiger partial charge >= 0.3 is 12.0 Å². The van der Waals surface area contributed by atoms with Crippen molar-refractivity contribution in [3.63, 3.8) is 0 Å². The molecule has 20 heavy (non-hydrogen) atoms. The summed E-state index contributed by atoms with van der Waals surface area (Å²) in [6.45, 7) is 0.116. The summed E-state index contributed by atoms with van der Waals surface area (Å²) >= 11 is 1.17. The van der Waals surface area contributed by atoms with Crippen molar-refractivity contribution in [1.29, 1.82) is 0 Å². The highest BCUT2D eigenvalue weighted by Gasteiger charge is 2.14. The highest BCUT2D eigenvalue weighted by Crippen LogP contribution is 2.26. The molecule has 8 nitrogen and oxygen atoms in total. The molecule has 0 unspecified atom stereocenters. The first-order chi connectivity index (χ1) is 9.56. The minimum Gasteiger partial charge on any atom is -0.481 e. The van der Waals surface area contributed by atoms with Crippen LogP contribution >= 0.6 is 11.3 Å². The van der Waals surface area contributed by atoms with E-state index in [2.05, 4.69) is 15.5 Å². The molecule has 0 aromatic carbocycles. The molecule has 0 saturated heterocycles. The van der Waals surface area contributed by atoms with Crippen LogP contribution in [0.5, 0.6) is 0 Å². The number of amides is 2. The molecule has 0 radical (unpaired) electrons. The third kappa shape index (κ3) is 3.54. The maximum atomic E-state index is 11.8. The number of anilines is 1. The quantitative estimate of drug-likeness (QED) is 0.869. The van der Waals surface area contributed by atoms with E-state index >= 15 is 0 Å². The average molecular weight is 296 g/mol. The Morgan fingerprint density at radius 1 is 1.50 bits per heavy atom. The number of carbonyl (C=O) groups excluding carboxylic acids is 1. The van der Waals surface area contributed by atoms with E-state index in [0.717, 1.165) is 0 Å².